The van der Waals surface area contributed by atoms with E-state index in [0.717, 1.165) is 39.0 Å². The van der Waals surface area contributed by atoms with E-state index in [1.807, 2.05) is 0 Å². The lowest BCUT2D eigenvalue weighted by molar-refractivity contribution is 0.330. The first-order valence-electron chi connectivity index (χ1n) is 27.8. The quantitative estimate of drug-likeness (QED) is 0.160. The first kappa shape index (κ1) is 47.0. The van der Waals surface area contributed by atoms with Crippen LogP contribution in [0.1, 0.15) is 109 Å². The molecule has 0 radical (unpaired) electrons. The van der Waals surface area contributed by atoms with Gasteiger partial charge in [0.05, 0.1) is 6.04 Å². The smallest absolute Gasteiger partial charge is 0.306 e. The standard InChI is InChI=1S/C71H68BN3O/c1-43-19-17-20-44(2)65(43)45-37-54-52-39-49(73(47-29-27-46(28-30-47)68(3,4)5)50-32-34-64-53(40-50)51-23-15-16-26-63(51)76-64)31-33-60(52)75(48-21-13-12-14-22-48)72-59-25-18-24-55-67(59)74(62(38-45)66(54)72)61-42-57-56(41-58(61)71(55,10)11)69(6,7)35-36-70(57,8)9/h12-34,37-42,59,67H,35-36H2,1-11H3. The Hall–Kier alpha value is -7.50. The summed E-state index contributed by atoms with van der Waals surface area (Å²) in [4.78, 5) is 8.02. The number of para-hydroxylation sites is 2. The van der Waals surface area contributed by atoms with E-state index < -0.39 is 0 Å². The second kappa shape index (κ2) is 16.3. The molecule has 4 nitrogen and oxygen atoms in total. The van der Waals surface area contributed by atoms with Gasteiger partial charge in [-0.1, -0.05) is 153 Å². The van der Waals surface area contributed by atoms with Crippen molar-refractivity contribution in [3.8, 4) is 22.3 Å². The summed E-state index contributed by atoms with van der Waals surface area (Å²) in [5.41, 5.74) is 26.5. The largest absolute Gasteiger partial charge is 0.456 e. The summed E-state index contributed by atoms with van der Waals surface area (Å²) in [5, 5.41) is 2.23. The number of fused-ring (bicyclic) bond motifs is 10. The van der Waals surface area contributed by atoms with Crippen LogP contribution in [0.2, 0.25) is 5.82 Å². The van der Waals surface area contributed by atoms with Crippen LogP contribution in [-0.4, -0.2) is 12.9 Å². The average molecular weight is 990 g/mol. The summed E-state index contributed by atoms with van der Waals surface area (Å²) in [5.74, 6) is 0.146. The van der Waals surface area contributed by atoms with Crippen molar-refractivity contribution in [1.29, 1.82) is 0 Å². The molecule has 14 rings (SSSR count). The normalized spacial score (nSPS) is 19.1. The maximum Gasteiger partial charge on any atom is 0.306 e. The minimum atomic E-state index is -0.198. The number of hydrogen-bond acceptors (Lipinski definition) is 4. The summed E-state index contributed by atoms with van der Waals surface area (Å²) in [6.45, 7) is 26.4. The molecule has 5 aliphatic rings. The summed E-state index contributed by atoms with van der Waals surface area (Å²) in [6, 6.07) is 60.3. The number of allylic oxidation sites excluding steroid dienone is 2. The molecule has 0 amide bonds. The number of furan rings is 1. The van der Waals surface area contributed by atoms with Gasteiger partial charge in [-0.2, -0.15) is 0 Å². The molecular formula is C71H68BN3O. The molecule has 4 heterocycles. The second-order valence-electron chi connectivity index (χ2n) is 25.7. The summed E-state index contributed by atoms with van der Waals surface area (Å²) >= 11 is 0. The van der Waals surface area contributed by atoms with Crippen LogP contribution >= 0.6 is 0 Å². The highest BCUT2D eigenvalue weighted by molar-refractivity contribution is 6.84. The number of hydrogen-bond donors (Lipinski definition) is 0. The molecule has 0 fully saturated rings. The number of anilines is 7. The van der Waals surface area contributed by atoms with Gasteiger partial charge in [0.2, 0.25) is 0 Å². The summed E-state index contributed by atoms with van der Waals surface area (Å²) in [6.07, 6.45) is 9.79. The topological polar surface area (TPSA) is 22.9 Å². The average Bonchev–Trinajstić information content (AvgIpc) is 3.83. The Labute approximate surface area is 450 Å². The van der Waals surface area contributed by atoms with E-state index in [0.29, 0.717) is 0 Å². The monoisotopic (exact) mass is 990 g/mol. The minimum absolute atomic E-state index is 0.0145. The van der Waals surface area contributed by atoms with Gasteiger partial charge in [0, 0.05) is 67.4 Å². The van der Waals surface area contributed by atoms with E-state index in [9.17, 15) is 0 Å². The van der Waals surface area contributed by atoms with Crippen LogP contribution in [0.15, 0.2) is 186 Å². The van der Waals surface area contributed by atoms with Crippen molar-refractivity contribution in [2.75, 3.05) is 14.6 Å². The maximum atomic E-state index is 6.43. The predicted molar refractivity (Wildman–Crippen MR) is 323 cm³/mol. The fourth-order valence-electron chi connectivity index (χ4n) is 14.6. The number of nitrogens with zero attached hydrogens (tertiary/aromatic N) is 3. The molecule has 0 spiro atoms. The molecule has 0 bridgehead atoms. The Kier molecular flexibility index (Phi) is 10.1. The first-order chi connectivity index (χ1) is 36.4. The lowest BCUT2D eigenvalue weighted by Crippen LogP contribution is -2.64. The molecule has 2 atom stereocenters. The van der Waals surface area contributed by atoms with Crippen molar-refractivity contribution < 1.29 is 4.42 Å². The zero-order valence-electron chi connectivity index (χ0n) is 46.1. The molecule has 0 saturated carbocycles. The molecule has 2 unspecified atom stereocenters. The minimum Gasteiger partial charge on any atom is -0.456 e. The van der Waals surface area contributed by atoms with Gasteiger partial charge in [0.25, 0.3) is 0 Å². The van der Waals surface area contributed by atoms with Crippen molar-refractivity contribution in [2.45, 2.75) is 123 Å². The van der Waals surface area contributed by atoms with E-state index >= 15 is 0 Å². The maximum absolute atomic E-state index is 6.43. The zero-order chi connectivity index (χ0) is 52.4. The number of benzene rings is 8. The Morgan fingerprint density at radius 3 is 1.97 bits per heavy atom. The van der Waals surface area contributed by atoms with Gasteiger partial charge in [-0.25, -0.2) is 0 Å². The highest BCUT2D eigenvalue weighted by Crippen LogP contribution is 2.61. The highest BCUT2D eigenvalue weighted by Gasteiger charge is 2.57. The van der Waals surface area contributed by atoms with Crippen molar-refractivity contribution in [2.24, 2.45) is 0 Å². The van der Waals surface area contributed by atoms with Crippen molar-refractivity contribution in [1.82, 2.24) is 0 Å². The number of aryl methyl sites for hydroxylation is 2. The Balaban J connectivity index is 1.08. The van der Waals surface area contributed by atoms with Crippen molar-refractivity contribution >= 4 is 74.1 Å². The van der Waals surface area contributed by atoms with Gasteiger partial charge < -0.3 is 19.0 Å². The predicted octanol–water partition coefficient (Wildman–Crippen LogP) is 18.7. The Bertz CT molecular complexity index is 3940. The van der Waals surface area contributed by atoms with Crippen LogP contribution in [-0.2, 0) is 21.7 Å². The second-order valence-corrected chi connectivity index (χ2v) is 25.7. The van der Waals surface area contributed by atoms with Gasteiger partial charge >= 0.3 is 6.85 Å². The third kappa shape index (κ3) is 6.82. The van der Waals surface area contributed by atoms with E-state index in [1.165, 1.54) is 102 Å². The van der Waals surface area contributed by atoms with E-state index in [-0.39, 0.29) is 40.4 Å². The van der Waals surface area contributed by atoms with Gasteiger partial charge in [-0.3, -0.25) is 0 Å². The van der Waals surface area contributed by atoms with E-state index in [2.05, 4.69) is 267 Å². The van der Waals surface area contributed by atoms with Gasteiger partial charge in [0.1, 0.15) is 11.2 Å². The van der Waals surface area contributed by atoms with Gasteiger partial charge in [-0.05, 0) is 189 Å². The van der Waals surface area contributed by atoms with Gasteiger partial charge in [0.15, 0.2) is 0 Å². The molecule has 8 aromatic carbocycles. The molecular weight excluding hydrogens is 922 g/mol. The van der Waals surface area contributed by atoms with E-state index in [4.69, 9.17) is 4.42 Å². The van der Waals surface area contributed by atoms with Crippen LogP contribution in [0.5, 0.6) is 0 Å². The van der Waals surface area contributed by atoms with Crippen molar-refractivity contribution in [3.05, 3.63) is 215 Å². The van der Waals surface area contributed by atoms with Crippen LogP contribution < -0.4 is 20.1 Å². The summed E-state index contributed by atoms with van der Waals surface area (Å²) < 4.78 is 6.43. The first-order valence-corrected chi connectivity index (χ1v) is 27.8. The van der Waals surface area contributed by atoms with Crippen LogP contribution in [0, 0.1) is 13.8 Å². The fourth-order valence-corrected chi connectivity index (χ4v) is 14.6. The lowest BCUT2D eigenvalue weighted by Gasteiger charge is -2.58. The molecule has 5 heteroatoms. The van der Waals surface area contributed by atoms with Gasteiger partial charge in [-0.15, -0.1) is 0 Å². The van der Waals surface area contributed by atoms with E-state index in [1.54, 1.807) is 0 Å². The molecule has 76 heavy (non-hydrogen) atoms. The molecule has 1 aromatic heterocycles. The van der Waals surface area contributed by atoms with Crippen LogP contribution in [0.25, 0.3) is 44.2 Å². The Morgan fingerprint density at radius 1 is 0.579 bits per heavy atom. The highest BCUT2D eigenvalue weighted by atomic mass is 16.3. The third-order valence-corrected chi connectivity index (χ3v) is 18.8. The third-order valence-electron chi connectivity index (χ3n) is 18.8. The summed E-state index contributed by atoms with van der Waals surface area (Å²) in [7, 11) is 0. The zero-order valence-corrected chi connectivity index (χ0v) is 46.1. The molecule has 3 aliphatic heterocycles. The fraction of sp³-hybridized carbons (Fsp3) is 0.268. The molecule has 9 aromatic rings. The lowest BCUT2D eigenvalue weighted by atomic mass is 9.36. The van der Waals surface area contributed by atoms with Crippen LogP contribution in [0.3, 0.4) is 0 Å². The molecule has 0 N–H and O–H groups in total. The molecule has 376 valence electrons. The van der Waals surface area contributed by atoms with Crippen LogP contribution in [0.4, 0.5) is 39.8 Å². The molecule has 2 aliphatic carbocycles. The number of rotatable bonds is 5. The SMILES string of the molecule is Cc1cccc(C)c1-c1cc2c3c(c1)N1c4cc5c(cc4C(C)(C)C4=CC=CC(B3N(c3ccccc3)c3ccc(N(c6ccc(C(C)(C)C)cc6)c6ccc7oc8ccccc8c7c6)cc3-2)C41)C(C)(C)CCC5(C)C. The molecule has 0 saturated heterocycles. The Morgan fingerprint density at radius 2 is 1.24 bits per heavy atom. The van der Waals surface area contributed by atoms with Crippen molar-refractivity contribution in [3.63, 3.8) is 0 Å².